The molecule has 0 saturated heterocycles. The van der Waals surface area contributed by atoms with Gasteiger partial charge in [0.25, 0.3) is 0 Å². The summed E-state index contributed by atoms with van der Waals surface area (Å²) in [5.74, 6) is 0. The van der Waals surface area contributed by atoms with Crippen LogP contribution in [0.25, 0.3) is 0 Å². The number of methoxy groups -OCH3 is 3. The van der Waals surface area contributed by atoms with Gasteiger partial charge in [-0.25, -0.2) is 0 Å². The van der Waals surface area contributed by atoms with Gasteiger partial charge in [-0.3, -0.25) is 0 Å². The number of ether oxygens (including phenoxy) is 3. The first-order valence-electron chi connectivity index (χ1n) is 5.62. The van der Waals surface area contributed by atoms with Crippen LogP contribution in [0.5, 0.6) is 0 Å². The summed E-state index contributed by atoms with van der Waals surface area (Å²) in [7, 11) is 7.10. The molecule has 0 saturated carbocycles. The summed E-state index contributed by atoms with van der Waals surface area (Å²) in [6.07, 6.45) is -0.190. The van der Waals surface area contributed by atoms with E-state index in [9.17, 15) is 0 Å². The normalized spacial score (nSPS) is 13.7. The maximum absolute atomic E-state index is 5.17. The number of hydrogen-bond acceptors (Lipinski definition) is 5. The van der Waals surface area contributed by atoms with E-state index in [2.05, 4.69) is 17.3 Å². The first kappa shape index (κ1) is 15.8. The van der Waals surface area contributed by atoms with Gasteiger partial charge in [0.15, 0.2) is 6.29 Å². The van der Waals surface area contributed by atoms with Gasteiger partial charge in [-0.05, 0) is 14.0 Å². The van der Waals surface area contributed by atoms with Gasteiger partial charge in [-0.1, -0.05) is 0 Å². The van der Waals surface area contributed by atoms with Gasteiger partial charge in [0.2, 0.25) is 0 Å². The highest BCUT2D eigenvalue weighted by Crippen LogP contribution is 1.97. The SMILES string of the molecule is COCCN(C)CCNC(C)C(OC)OC. The van der Waals surface area contributed by atoms with E-state index in [1.165, 1.54) is 0 Å². The van der Waals surface area contributed by atoms with Gasteiger partial charge < -0.3 is 24.4 Å². The van der Waals surface area contributed by atoms with E-state index >= 15 is 0 Å². The fraction of sp³-hybridized carbons (Fsp3) is 1.00. The molecule has 0 aromatic heterocycles. The monoisotopic (exact) mass is 234 g/mol. The molecule has 0 radical (unpaired) electrons. The van der Waals surface area contributed by atoms with Crippen molar-refractivity contribution in [1.82, 2.24) is 10.2 Å². The van der Waals surface area contributed by atoms with Crippen molar-refractivity contribution in [1.29, 1.82) is 0 Å². The Labute approximate surface area is 99.0 Å². The third-order valence-corrected chi connectivity index (χ3v) is 2.51. The molecule has 1 N–H and O–H groups in total. The van der Waals surface area contributed by atoms with Crippen LogP contribution < -0.4 is 5.32 Å². The summed E-state index contributed by atoms with van der Waals surface area (Å²) in [4.78, 5) is 2.22. The van der Waals surface area contributed by atoms with Crippen molar-refractivity contribution in [2.45, 2.75) is 19.3 Å². The van der Waals surface area contributed by atoms with Gasteiger partial charge in [0.1, 0.15) is 0 Å². The second kappa shape index (κ2) is 9.99. The Morgan fingerprint density at radius 1 is 1.12 bits per heavy atom. The van der Waals surface area contributed by atoms with Crippen LogP contribution in [-0.2, 0) is 14.2 Å². The fourth-order valence-corrected chi connectivity index (χ4v) is 1.44. The molecule has 5 heteroatoms. The molecule has 0 aliphatic rings. The Morgan fingerprint density at radius 2 is 1.75 bits per heavy atom. The molecule has 0 rings (SSSR count). The van der Waals surface area contributed by atoms with Crippen molar-refractivity contribution in [2.75, 3.05) is 54.6 Å². The standard InChI is InChI=1S/C11H26N2O3/c1-10(11(15-4)16-5)12-6-7-13(2)8-9-14-3/h10-12H,6-9H2,1-5H3. The second-order valence-corrected chi connectivity index (χ2v) is 3.88. The van der Waals surface area contributed by atoms with Gasteiger partial charge in [-0.15, -0.1) is 0 Å². The third-order valence-electron chi connectivity index (χ3n) is 2.51. The Balaban J connectivity index is 3.56. The zero-order valence-corrected chi connectivity index (χ0v) is 11.2. The largest absolute Gasteiger partial charge is 0.383 e. The fourth-order valence-electron chi connectivity index (χ4n) is 1.44. The van der Waals surface area contributed by atoms with Crippen LogP contribution in [0.1, 0.15) is 6.92 Å². The van der Waals surface area contributed by atoms with Crippen LogP contribution in [0.2, 0.25) is 0 Å². The van der Waals surface area contributed by atoms with E-state index in [1.807, 2.05) is 6.92 Å². The summed E-state index contributed by atoms with van der Waals surface area (Å²) < 4.78 is 15.3. The third kappa shape index (κ3) is 7.14. The Kier molecular flexibility index (Phi) is 9.86. The average molecular weight is 234 g/mol. The lowest BCUT2D eigenvalue weighted by Gasteiger charge is -2.23. The molecule has 0 aliphatic heterocycles. The Hall–Kier alpha value is -0.200. The van der Waals surface area contributed by atoms with E-state index in [-0.39, 0.29) is 12.3 Å². The van der Waals surface area contributed by atoms with Gasteiger partial charge >= 0.3 is 0 Å². The summed E-state index contributed by atoms with van der Waals surface area (Å²) in [5, 5.41) is 3.36. The zero-order chi connectivity index (χ0) is 12.4. The predicted molar refractivity (Wildman–Crippen MR) is 64.6 cm³/mol. The van der Waals surface area contributed by atoms with Crippen LogP contribution in [-0.4, -0.2) is 71.8 Å². The van der Waals surface area contributed by atoms with Crippen LogP contribution in [0, 0.1) is 0 Å². The van der Waals surface area contributed by atoms with E-state index < -0.39 is 0 Å². The van der Waals surface area contributed by atoms with Gasteiger partial charge in [0.05, 0.1) is 12.6 Å². The number of likely N-dealkylation sites (N-methyl/N-ethyl adjacent to an activating group) is 1. The smallest absolute Gasteiger partial charge is 0.171 e. The maximum Gasteiger partial charge on any atom is 0.171 e. The van der Waals surface area contributed by atoms with Gasteiger partial charge in [0, 0.05) is 41.0 Å². The number of nitrogens with one attached hydrogen (secondary N) is 1. The molecule has 1 unspecified atom stereocenters. The maximum atomic E-state index is 5.17. The van der Waals surface area contributed by atoms with Crippen molar-refractivity contribution in [3.8, 4) is 0 Å². The molecule has 0 aliphatic carbocycles. The number of nitrogens with zero attached hydrogens (tertiary/aromatic N) is 1. The minimum atomic E-state index is -0.190. The zero-order valence-electron chi connectivity index (χ0n) is 11.2. The predicted octanol–water partition coefficient (Wildman–Crippen LogP) is 0.162. The van der Waals surface area contributed by atoms with E-state index in [4.69, 9.17) is 14.2 Å². The van der Waals surface area contributed by atoms with Crippen LogP contribution >= 0.6 is 0 Å². The van der Waals surface area contributed by atoms with E-state index in [1.54, 1.807) is 21.3 Å². The molecule has 0 spiro atoms. The highest BCUT2D eigenvalue weighted by Gasteiger charge is 2.14. The lowest BCUT2D eigenvalue weighted by Crippen LogP contribution is -2.43. The topological polar surface area (TPSA) is 43.0 Å². The molecule has 1 atom stereocenters. The molecule has 0 aromatic carbocycles. The first-order valence-corrected chi connectivity index (χ1v) is 5.62. The summed E-state index contributed by atoms with van der Waals surface area (Å²) in [6.45, 7) is 5.65. The average Bonchev–Trinajstić information content (AvgIpc) is 2.28. The molecular weight excluding hydrogens is 208 g/mol. The highest BCUT2D eigenvalue weighted by atomic mass is 16.7. The minimum Gasteiger partial charge on any atom is -0.383 e. The molecule has 16 heavy (non-hydrogen) atoms. The quantitative estimate of drug-likeness (QED) is 0.546. The van der Waals surface area contributed by atoms with Crippen molar-refractivity contribution in [3.63, 3.8) is 0 Å². The summed E-state index contributed by atoms with van der Waals surface area (Å²) in [6, 6.07) is 0.186. The molecule has 5 nitrogen and oxygen atoms in total. The summed E-state index contributed by atoms with van der Waals surface area (Å²) >= 11 is 0. The van der Waals surface area contributed by atoms with Crippen LogP contribution in [0.15, 0.2) is 0 Å². The van der Waals surface area contributed by atoms with Crippen LogP contribution in [0.4, 0.5) is 0 Å². The van der Waals surface area contributed by atoms with E-state index in [0.29, 0.717) is 0 Å². The number of rotatable bonds is 10. The van der Waals surface area contributed by atoms with E-state index in [0.717, 1.165) is 26.2 Å². The van der Waals surface area contributed by atoms with Crippen molar-refractivity contribution >= 4 is 0 Å². The molecule has 98 valence electrons. The minimum absolute atomic E-state index is 0.186. The molecule has 0 fully saturated rings. The van der Waals surface area contributed by atoms with Gasteiger partial charge in [-0.2, -0.15) is 0 Å². The molecule has 0 bridgehead atoms. The van der Waals surface area contributed by atoms with Crippen LogP contribution in [0.3, 0.4) is 0 Å². The number of hydrogen-bond donors (Lipinski definition) is 1. The lowest BCUT2D eigenvalue weighted by molar-refractivity contribution is -0.119. The lowest BCUT2D eigenvalue weighted by atomic mass is 10.3. The Morgan fingerprint density at radius 3 is 2.25 bits per heavy atom. The molecule has 0 amide bonds. The second-order valence-electron chi connectivity index (χ2n) is 3.88. The molecule has 0 aromatic rings. The highest BCUT2D eigenvalue weighted by molar-refractivity contribution is 4.65. The van der Waals surface area contributed by atoms with Crippen molar-refractivity contribution < 1.29 is 14.2 Å². The summed E-state index contributed by atoms with van der Waals surface area (Å²) in [5.41, 5.74) is 0. The molecular formula is C11H26N2O3. The van der Waals surface area contributed by atoms with Crippen molar-refractivity contribution in [3.05, 3.63) is 0 Å². The first-order chi connectivity index (χ1) is 7.65. The Bertz CT molecular complexity index is 154. The van der Waals surface area contributed by atoms with Crippen molar-refractivity contribution in [2.24, 2.45) is 0 Å². The molecule has 0 heterocycles.